The zero-order chi connectivity index (χ0) is 14.8. The first-order valence-corrected chi connectivity index (χ1v) is 6.98. The number of alkyl halides is 4. The Labute approximate surface area is 122 Å². The third-order valence-corrected chi connectivity index (χ3v) is 3.71. The summed E-state index contributed by atoms with van der Waals surface area (Å²) in [6, 6.07) is 4.63. The predicted octanol–water partition coefficient (Wildman–Crippen LogP) is 4.28. The van der Waals surface area contributed by atoms with Crippen molar-refractivity contribution in [2.75, 3.05) is 13.1 Å². The third kappa shape index (κ3) is 4.34. The highest BCUT2D eigenvalue weighted by Crippen LogP contribution is 2.30. The molecule has 0 aromatic heterocycles. The standard InChI is InChI=1S/C13H14BrF4NO/c14-10-6-9(2-3-11(10)20-12(15)16)7-19-5-1-4-13(17,18)8-19/h2-3,6,12H,1,4-5,7-8H2. The van der Waals surface area contributed by atoms with Gasteiger partial charge in [0, 0.05) is 13.0 Å². The molecule has 2 rings (SSSR count). The molecule has 1 aliphatic rings. The van der Waals surface area contributed by atoms with Crippen molar-refractivity contribution >= 4 is 15.9 Å². The first-order chi connectivity index (χ1) is 9.35. The van der Waals surface area contributed by atoms with Crippen molar-refractivity contribution in [2.24, 2.45) is 0 Å². The lowest BCUT2D eigenvalue weighted by molar-refractivity contribution is -0.0662. The second kappa shape index (κ2) is 6.30. The van der Waals surface area contributed by atoms with Gasteiger partial charge in [-0.3, -0.25) is 4.90 Å². The Morgan fingerprint density at radius 1 is 1.35 bits per heavy atom. The van der Waals surface area contributed by atoms with Gasteiger partial charge in [0.25, 0.3) is 5.92 Å². The zero-order valence-electron chi connectivity index (χ0n) is 10.6. The van der Waals surface area contributed by atoms with Gasteiger partial charge >= 0.3 is 6.61 Å². The maximum Gasteiger partial charge on any atom is 0.387 e. The number of benzene rings is 1. The van der Waals surface area contributed by atoms with Crippen LogP contribution in [0.25, 0.3) is 0 Å². The summed E-state index contributed by atoms with van der Waals surface area (Å²) in [6.45, 7) is -2.18. The molecule has 1 saturated heterocycles. The highest BCUT2D eigenvalue weighted by atomic mass is 79.9. The lowest BCUT2D eigenvalue weighted by Gasteiger charge is -2.32. The van der Waals surface area contributed by atoms with Gasteiger partial charge in [-0.2, -0.15) is 8.78 Å². The van der Waals surface area contributed by atoms with Crippen molar-refractivity contribution in [1.29, 1.82) is 0 Å². The summed E-state index contributed by atoms with van der Waals surface area (Å²) in [5.41, 5.74) is 0.774. The maximum absolute atomic E-state index is 13.3. The maximum atomic E-state index is 13.3. The number of hydrogen-bond acceptors (Lipinski definition) is 2. The fourth-order valence-corrected chi connectivity index (χ4v) is 2.79. The minimum absolute atomic E-state index is 0.0349. The molecule has 0 N–H and O–H groups in total. The number of piperidine rings is 1. The van der Waals surface area contributed by atoms with Crippen LogP contribution in [0.2, 0.25) is 0 Å². The molecule has 0 spiro atoms. The van der Waals surface area contributed by atoms with Crippen molar-refractivity contribution in [3.8, 4) is 5.75 Å². The Bertz CT molecular complexity index is 470. The normalized spacial score (nSPS) is 19.3. The largest absolute Gasteiger partial charge is 0.434 e. The van der Waals surface area contributed by atoms with Crippen molar-refractivity contribution in [3.05, 3.63) is 28.2 Å². The van der Waals surface area contributed by atoms with Crippen LogP contribution in [0.4, 0.5) is 17.6 Å². The Balaban J connectivity index is 2.01. The second-order valence-electron chi connectivity index (χ2n) is 4.81. The number of likely N-dealkylation sites (tertiary alicyclic amines) is 1. The van der Waals surface area contributed by atoms with E-state index in [0.29, 0.717) is 24.0 Å². The van der Waals surface area contributed by atoms with E-state index >= 15 is 0 Å². The Morgan fingerprint density at radius 2 is 2.10 bits per heavy atom. The molecule has 0 amide bonds. The fraction of sp³-hybridized carbons (Fsp3) is 0.538. The van der Waals surface area contributed by atoms with Crippen molar-refractivity contribution in [2.45, 2.75) is 31.9 Å². The molecule has 0 radical (unpaired) electrons. The molecule has 20 heavy (non-hydrogen) atoms. The van der Waals surface area contributed by atoms with E-state index in [1.165, 1.54) is 6.07 Å². The predicted molar refractivity (Wildman–Crippen MR) is 70.2 cm³/mol. The molecule has 1 aromatic rings. The van der Waals surface area contributed by atoms with Crippen LogP contribution in [0.3, 0.4) is 0 Å². The molecule has 1 heterocycles. The summed E-state index contributed by atoms with van der Waals surface area (Å²) in [5.74, 6) is -2.61. The fourth-order valence-electron chi connectivity index (χ4n) is 2.27. The molecule has 1 aromatic carbocycles. The molecule has 2 nitrogen and oxygen atoms in total. The van der Waals surface area contributed by atoms with Crippen LogP contribution in [-0.2, 0) is 6.54 Å². The van der Waals surface area contributed by atoms with Crippen molar-refractivity contribution in [3.63, 3.8) is 0 Å². The molecule has 112 valence electrons. The summed E-state index contributed by atoms with van der Waals surface area (Å²) in [6.07, 6.45) is 0.384. The Morgan fingerprint density at radius 3 is 2.70 bits per heavy atom. The summed E-state index contributed by atoms with van der Waals surface area (Å²) in [7, 11) is 0. The average molecular weight is 356 g/mol. The van der Waals surface area contributed by atoms with Gasteiger partial charge < -0.3 is 4.74 Å². The topological polar surface area (TPSA) is 12.5 Å². The van der Waals surface area contributed by atoms with Crippen LogP contribution in [0.15, 0.2) is 22.7 Å². The van der Waals surface area contributed by atoms with Gasteiger partial charge in [-0.15, -0.1) is 0 Å². The van der Waals surface area contributed by atoms with E-state index in [1.807, 2.05) is 0 Å². The molecule has 0 bridgehead atoms. The van der Waals surface area contributed by atoms with Crippen LogP contribution < -0.4 is 4.74 Å². The number of ether oxygens (including phenoxy) is 1. The number of rotatable bonds is 4. The van der Waals surface area contributed by atoms with Crippen LogP contribution in [0.5, 0.6) is 5.75 Å². The van der Waals surface area contributed by atoms with Gasteiger partial charge in [0.1, 0.15) is 5.75 Å². The molecular weight excluding hydrogens is 342 g/mol. The molecule has 0 atom stereocenters. The van der Waals surface area contributed by atoms with Crippen molar-refractivity contribution < 1.29 is 22.3 Å². The summed E-state index contributed by atoms with van der Waals surface area (Å²) >= 11 is 3.14. The van der Waals surface area contributed by atoms with Gasteiger partial charge in [-0.05, 0) is 46.6 Å². The smallest absolute Gasteiger partial charge is 0.387 e. The minimum Gasteiger partial charge on any atom is -0.434 e. The molecular formula is C13H14BrF4NO. The lowest BCUT2D eigenvalue weighted by atomic mass is 10.1. The summed E-state index contributed by atoms with van der Waals surface area (Å²) in [4.78, 5) is 1.67. The van der Waals surface area contributed by atoms with Gasteiger partial charge in [0.05, 0.1) is 11.0 Å². The minimum atomic E-state index is -2.89. The molecule has 1 fully saturated rings. The third-order valence-electron chi connectivity index (χ3n) is 3.09. The molecule has 7 heteroatoms. The van der Waals surface area contributed by atoms with Gasteiger partial charge in [0.15, 0.2) is 0 Å². The Kier molecular flexibility index (Phi) is 4.90. The summed E-state index contributed by atoms with van der Waals surface area (Å²) < 4.78 is 55.5. The van der Waals surface area contributed by atoms with E-state index in [2.05, 4.69) is 20.7 Å². The zero-order valence-corrected chi connectivity index (χ0v) is 12.2. The Hall–Kier alpha value is -0.820. The van der Waals surface area contributed by atoms with Gasteiger partial charge in [-0.1, -0.05) is 6.07 Å². The number of halogens is 5. The van der Waals surface area contributed by atoms with Crippen LogP contribution in [0, 0.1) is 0 Å². The first-order valence-electron chi connectivity index (χ1n) is 6.19. The van der Waals surface area contributed by atoms with Crippen LogP contribution >= 0.6 is 15.9 Å². The van der Waals surface area contributed by atoms with Crippen LogP contribution in [0.1, 0.15) is 18.4 Å². The second-order valence-corrected chi connectivity index (χ2v) is 5.67. The van der Waals surface area contributed by atoms with Crippen molar-refractivity contribution in [1.82, 2.24) is 4.90 Å². The number of nitrogens with zero attached hydrogens (tertiary/aromatic N) is 1. The van der Waals surface area contributed by atoms with E-state index in [1.54, 1.807) is 17.0 Å². The van der Waals surface area contributed by atoms with E-state index in [4.69, 9.17) is 0 Å². The first kappa shape index (κ1) is 15.6. The van der Waals surface area contributed by atoms with Crippen LogP contribution in [-0.4, -0.2) is 30.5 Å². The van der Waals surface area contributed by atoms with E-state index in [9.17, 15) is 17.6 Å². The van der Waals surface area contributed by atoms with E-state index < -0.39 is 12.5 Å². The molecule has 1 aliphatic heterocycles. The van der Waals surface area contributed by atoms with E-state index in [-0.39, 0.29) is 18.7 Å². The SMILES string of the molecule is FC(F)Oc1ccc(CN2CCCC(F)(F)C2)cc1Br. The highest BCUT2D eigenvalue weighted by Gasteiger charge is 2.34. The van der Waals surface area contributed by atoms with Gasteiger partial charge in [-0.25, -0.2) is 8.78 Å². The average Bonchev–Trinajstić information content (AvgIpc) is 2.31. The molecule has 0 saturated carbocycles. The monoisotopic (exact) mass is 355 g/mol. The molecule has 0 unspecified atom stereocenters. The number of hydrogen-bond donors (Lipinski definition) is 0. The highest BCUT2D eigenvalue weighted by molar-refractivity contribution is 9.10. The van der Waals surface area contributed by atoms with E-state index in [0.717, 1.165) is 5.56 Å². The van der Waals surface area contributed by atoms with Gasteiger partial charge in [0.2, 0.25) is 0 Å². The summed E-state index contributed by atoms with van der Waals surface area (Å²) in [5, 5.41) is 0. The lowest BCUT2D eigenvalue weighted by Crippen LogP contribution is -2.41. The molecule has 0 aliphatic carbocycles. The quantitative estimate of drug-likeness (QED) is 0.747.